The highest BCUT2D eigenvalue weighted by molar-refractivity contribution is 6.10. The largest absolute Gasteiger partial charge is 0.310 e. The summed E-state index contributed by atoms with van der Waals surface area (Å²) in [7, 11) is 0. The summed E-state index contributed by atoms with van der Waals surface area (Å²) in [5, 5.41) is 2.67. The van der Waals surface area contributed by atoms with Gasteiger partial charge in [0.2, 0.25) is 0 Å². The van der Waals surface area contributed by atoms with Crippen molar-refractivity contribution in [3.05, 3.63) is 204 Å². The fourth-order valence-corrected chi connectivity index (χ4v) is 9.86. The number of nitrogens with zero attached hydrogens (tertiary/aromatic N) is 2. The predicted molar refractivity (Wildman–Crippen MR) is 271 cm³/mol. The second-order valence-electron chi connectivity index (χ2n) is 19.5. The molecular formula is C61H58N2. The zero-order chi connectivity index (χ0) is 43.7. The van der Waals surface area contributed by atoms with Crippen LogP contribution in [0.15, 0.2) is 182 Å². The first-order valence-electron chi connectivity index (χ1n) is 22.9. The summed E-state index contributed by atoms with van der Waals surface area (Å²) in [4.78, 5) is 2.41. The van der Waals surface area contributed by atoms with Crippen LogP contribution in [0, 0.1) is 0 Å². The van der Waals surface area contributed by atoms with E-state index in [1.165, 1.54) is 83.1 Å². The van der Waals surface area contributed by atoms with Gasteiger partial charge in [-0.05, 0) is 152 Å². The Bertz CT molecular complexity index is 2970. The second kappa shape index (κ2) is 15.3. The Morgan fingerprint density at radius 2 is 0.841 bits per heavy atom. The highest BCUT2D eigenvalue weighted by atomic mass is 15.1. The third-order valence-electron chi connectivity index (χ3n) is 14.7. The molecule has 10 rings (SSSR count). The van der Waals surface area contributed by atoms with Gasteiger partial charge in [-0.15, -0.1) is 0 Å². The molecule has 0 saturated heterocycles. The van der Waals surface area contributed by atoms with Crippen LogP contribution in [0.1, 0.15) is 90.5 Å². The molecule has 0 N–H and O–H groups in total. The Balaban J connectivity index is 1.08. The molecule has 312 valence electrons. The molecule has 1 heterocycles. The van der Waals surface area contributed by atoms with Crippen molar-refractivity contribution in [1.82, 2.24) is 4.57 Å². The molecule has 0 bridgehead atoms. The van der Waals surface area contributed by atoms with Crippen LogP contribution >= 0.6 is 0 Å². The third kappa shape index (κ3) is 6.88. The fraction of sp³-hybridized carbons (Fsp3) is 0.213. The van der Waals surface area contributed by atoms with Gasteiger partial charge in [0, 0.05) is 38.9 Å². The van der Waals surface area contributed by atoms with Crippen molar-refractivity contribution in [3.63, 3.8) is 0 Å². The van der Waals surface area contributed by atoms with Gasteiger partial charge in [0.05, 0.1) is 11.0 Å². The Hall–Kier alpha value is -6.64. The van der Waals surface area contributed by atoms with Crippen molar-refractivity contribution in [2.75, 3.05) is 4.90 Å². The van der Waals surface area contributed by atoms with E-state index in [0.717, 1.165) is 29.9 Å². The van der Waals surface area contributed by atoms with Crippen molar-refractivity contribution in [1.29, 1.82) is 0 Å². The van der Waals surface area contributed by atoms with Gasteiger partial charge < -0.3 is 9.47 Å². The summed E-state index contributed by atoms with van der Waals surface area (Å²) in [5.74, 6) is 0. The van der Waals surface area contributed by atoms with Crippen molar-refractivity contribution < 1.29 is 0 Å². The normalized spacial score (nSPS) is 13.3. The SMILES string of the molecule is CCC(C)(C)c1ccc2c(c1)c1cc(C(C)(C)CC)ccc1n2-c1ccc2c(c1)C(C)(C)c1cc(N(c3ccc(-c4ccccc4)cc3)c3ccc(-c4ccccc4)cc3)ccc1-2. The Kier molecular flexibility index (Phi) is 9.83. The van der Waals surface area contributed by atoms with Crippen molar-refractivity contribution >= 4 is 38.9 Å². The average Bonchev–Trinajstić information content (AvgIpc) is 3.76. The summed E-state index contributed by atoms with van der Waals surface area (Å²) < 4.78 is 2.51. The molecule has 2 nitrogen and oxygen atoms in total. The maximum Gasteiger partial charge on any atom is 0.0541 e. The maximum atomic E-state index is 2.51. The van der Waals surface area contributed by atoms with Gasteiger partial charge in [0.25, 0.3) is 0 Å². The monoisotopic (exact) mass is 818 g/mol. The highest BCUT2D eigenvalue weighted by Crippen LogP contribution is 2.52. The van der Waals surface area contributed by atoms with E-state index < -0.39 is 0 Å². The standard InChI is InChI=1S/C61H58N2/c1-9-59(3,4)45-25-35-57-53(37-45)54-38-46(60(5,6)10-2)26-36-58(54)63(57)50-32-34-52-51-33-31-49(39-55(51)61(7,8)56(52)40-50)62(47-27-21-43(22-28-47)41-17-13-11-14-18-41)48-29-23-44(24-30-48)42-19-15-12-16-20-42/h11-40H,9-10H2,1-8H3. The van der Waals surface area contributed by atoms with Gasteiger partial charge in [0.1, 0.15) is 0 Å². The minimum atomic E-state index is -0.230. The molecule has 0 aliphatic heterocycles. The summed E-state index contributed by atoms with van der Waals surface area (Å²) >= 11 is 0. The summed E-state index contributed by atoms with van der Waals surface area (Å²) in [6.07, 6.45) is 2.18. The molecule has 2 heteroatoms. The lowest BCUT2D eigenvalue weighted by Crippen LogP contribution is -2.17. The summed E-state index contributed by atoms with van der Waals surface area (Å²) in [6, 6.07) is 68.0. The van der Waals surface area contributed by atoms with Crippen LogP contribution in [0.3, 0.4) is 0 Å². The van der Waals surface area contributed by atoms with E-state index in [1.54, 1.807) is 0 Å². The zero-order valence-electron chi connectivity index (χ0n) is 38.1. The summed E-state index contributed by atoms with van der Waals surface area (Å²) in [6.45, 7) is 18.9. The zero-order valence-corrected chi connectivity index (χ0v) is 38.1. The molecule has 0 unspecified atom stereocenters. The molecule has 8 aromatic carbocycles. The minimum Gasteiger partial charge on any atom is -0.310 e. The van der Waals surface area contributed by atoms with E-state index >= 15 is 0 Å². The van der Waals surface area contributed by atoms with E-state index in [-0.39, 0.29) is 16.2 Å². The molecule has 1 aliphatic rings. The Morgan fingerprint density at radius 3 is 1.30 bits per heavy atom. The van der Waals surface area contributed by atoms with Gasteiger partial charge in [-0.3, -0.25) is 0 Å². The first kappa shape index (κ1) is 40.4. The van der Waals surface area contributed by atoms with Gasteiger partial charge in [-0.1, -0.05) is 165 Å². The van der Waals surface area contributed by atoms with Crippen LogP contribution in [-0.4, -0.2) is 4.57 Å². The molecule has 0 fully saturated rings. The molecule has 63 heavy (non-hydrogen) atoms. The predicted octanol–water partition coefficient (Wildman–Crippen LogP) is 17.3. The van der Waals surface area contributed by atoms with Crippen molar-refractivity contribution in [3.8, 4) is 39.1 Å². The van der Waals surface area contributed by atoms with Crippen LogP contribution in [0.5, 0.6) is 0 Å². The van der Waals surface area contributed by atoms with Gasteiger partial charge in [-0.2, -0.15) is 0 Å². The Morgan fingerprint density at radius 1 is 0.429 bits per heavy atom. The smallest absolute Gasteiger partial charge is 0.0541 e. The van der Waals surface area contributed by atoms with Crippen molar-refractivity contribution in [2.45, 2.75) is 84.5 Å². The van der Waals surface area contributed by atoms with Gasteiger partial charge in [0.15, 0.2) is 0 Å². The number of fused-ring (bicyclic) bond motifs is 6. The highest BCUT2D eigenvalue weighted by Gasteiger charge is 2.37. The molecule has 0 amide bonds. The van der Waals surface area contributed by atoms with Gasteiger partial charge >= 0.3 is 0 Å². The molecular weight excluding hydrogens is 761 g/mol. The van der Waals surface area contributed by atoms with Crippen LogP contribution in [0.2, 0.25) is 0 Å². The molecule has 1 aliphatic carbocycles. The lowest BCUT2D eigenvalue weighted by molar-refractivity contribution is 0.506. The first-order chi connectivity index (χ1) is 30.4. The number of hydrogen-bond acceptors (Lipinski definition) is 1. The minimum absolute atomic E-state index is 0.0952. The number of aromatic nitrogens is 1. The quantitative estimate of drug-likeness (QED) is 0.133. The van der Waals surface area contributed by atoms with E-state index in [1.807, 2.05) is 0 Å². The van der Waals surface area contributed by atoms with E-state index in [0.29, 0.717) is 0 Å². The van der Waals surface area contributed by atoms with Crippen LogP contribution in [-0.2, 0) is 16.2 Å². The first-order valence-corrected chi connectivity index (χ1v) is 22.9. The molecule has 0 atom stereocenters. The van der Waals surface area contributed by atoms with E-state index in [4.69, 9.17) is 0 Å². The van der Waals surface area contributed by atoms with Crippen molar-refractivity contribution in [2.24, 2.45) is 0 Å². The van der Waals surface area contributed by atoms with Gasteiger partial charge in [-0.25, -0.2) is 0 Å². The molecule has 1 aromatic heterocycles. The lowest BCUT2D eigenvalue weighted by Gasteiger charge is -2.28. The maximum absolute atomic E-state index is 2.51. The average molecular weight is 819 g/mol. The third-order valence-corrected chi connectivity index (χ3v) is 14.7. The lowest BCUT2D eigenvalue weighted by atomic mass is 9.81. The molecule has 0 radical (unpaired) electrons. The van der Waals surface area contributed by atoms with Crippen LogP contribution < -0.4 is 4.90 Å². The van der Waals surface area contributed by atoms with Crippen LogP contribution in [0.25, 0.3) is 60.9 Å². The molecule has 0 spiro atoms. The molecule has 0 saturated carbocycles. The van der Waals surface area contributed by atoms with E-state index in [2.05, 4.69) is 247 Å². The number of anilines is 3. The Labute approximate surface area is 374 Å². The summed E-state index contributed by atoms with van der Waals surface area (Å²) in [5.41, 5.74) is 20.1. The van der Waals surface area contributed by atoms with E-state index in [9.17, 15) is 0 Å². The number of hydrogen-bond donors (Lipinski definition) is 0. The topological polar surface area (TPSA) is 8.17 Å². The molecule has 9 aromatic rings. The second-order valence-corrected chi connectivity index (χ2v) is 19.5. The fourth-order valence-electron chi connectivity index (χ4n) is 9.86. The van der Waals surface area contributed by atoms with Crippen LogP contribution in [0.4, 0.5) is 17.1 Å². The number of rotatable bonds is 10. The number of benzene rings is 8.